The third kappa shape index (κ3) is 6.27. The first-order chi connectivity index (χ1) is 9.31. The minimum Gasteiger partial charge on any atom is -0.460 e. The highest BCUT2D eigenvalue weighted by Crippen LogP contribution is 2.24. The molecule has 21 heavy (non-hydrogen) atoms. The summed E-state index contributed by atoms with van der Waals surface area (Å²) in [6.45, 7) is 14.8. The molecule has 0 aromatic heterocycles. The van der Waals surface area contributed by atoms with Crippen LogP contribution in [0.25, 0.3) is 0 Å². The van der Waals surface area contributed by atoms with E-state index in [1.165, 1.54) is 0 Å². The van der Waals surface area contributed by atoms with Gasteiger partial charge in [0, 0.05) is 0 Å². The quantitative estimate of drug-likeness (QED) is 0.579. The second-order valence-electron chi connectivity index (χ2n) is 7.06. The van der Waals surface area contributed by atoms with Gasteiger partial charge >= 0.3 is 17.9 Å². The maximum atomic E-state index is 11.5. The van der Waals surface area contributed by atoms with E-state index in [0.717, 1.165) is 6.42 Å². The Labute approximate surface area is 127 Å². The summed E-state index contributed by atoms with van der Waals surface area (Å²) < 4.78 is 9.56. The van der Waals surface area contributed by atoms with Crippen molar-refractivity contribution in [3.8, 4) is 0 Å². The monoisotopic (exact) mass is 300 g/mol. The van der Waals surface area contributed by atoms with Gasteiger partial charge < -0.3 is 9.47 Å². The van der Waals surface area contributed by atoms with Crippen molar-refractivity contribution in [3.05, 3.63) is 0 Å². The highest BCUT2D eigenvalue weighted by molar-refractivity contribution is 5.95. The molecule has 0 radical (unpaired) electrons. The van der Waals surface area contributed by atoms with Crippen molar-refractivity contribution in [1.29, 1.82) is 0 Å². The Balaban J connectivity index is 0.000000394. The Bertz CT molecular complexity index is 385. The molecule has 122 valence electrons. The predicted molar refractivity (Wildman–Crippen MR) is 79.3 cm³/mol. The zero-order valence-electron chi connectivity index (χ0n) is 14.4. The van der Waals surface area contributed by atoms with Crippen LogP contribution in [0.2, 0.25) is 0 Å². The number of cyclic esters (lactones) is 2. The summed E-state index contributed by atoms with van der Waals surface area (Å²) in [7, 11) is 0. The second-order valence-corrected chi connectivity index (χ2v) is 7.06. The van der Waals surface area contributed by atoms with Crippen LogP contribution in [0, 0.1) is 17.3 Å². The molecule has 2 unspecified atom stereocenters. The first-order valence-electron chi connectivity index (χ1n) is 7.30. The topological polar surface area (TPSA) is 69.7 Å². The molecule has 0 aliphatic carbocycles. The standard InChI is InChI=1S/C10H20O2.C6H8O3/c1-7-10(5,6)8(11)12-9(2,3)4;1-3-4(2)6(8)9-5(3)7/h7H2,1-6H3;3-4H,1-2H3. The van der Waals surface area contributed by atoms with E-state index < -0.39 is 11.9 Å². The van der Waals surface area contributed by atoms with E-state index in [1.807, 2.05) is 41.5 Å². The van der Waals surface area contributed by atoms with Gasteiger partial charge in [0.1, 0.15) is 5.60 Å². The summed E-state index contributed by atoms with van der Waals surface area (Å²) in [5.74, 6) is -1.41. The van der Waals surface area contributed by atoms with Gasteiger partial charge in [-0.15, -0.1) is 0 Å². The molecule has 2 atom stereocenters. The molecule has 1 fully saturated rings. The average Bonchev–Trinajstić information content (AvgIpc) is 2.55. The Morgan fingerprint density at radius 3 is 1.62 bits per heavy atom. The van der Waals surface area contributed by atoms with Crippen LogP contribution in [0.5, 0.6) is 0 Å². The highest BCUT2D eigenvalue weighted by atomic mass is 16.6. The van der Waals surface area contributed by atoms with Crippen LogP contribution in [-0.4, -0.2) is 23.5 Å². The zero-order valence-corrected chi connectivity index (χ0v) is 14.4. The van der Waals surface area contributed by atoms with E-state index in [4.69, 9.17) is 4.74 Å². The van der Waals surface area contributed by atoms with Gasteiger partial charge in [0.25, 0.3) is 0 Å². The molecule has 0 aromatic rings. The number of hydrogen-bond donors (Lipinski definition) is 0. The SMILES string of the molecule is CC1C(=O)OC(=O)C1C.CCC(C)(C)C(=O)OC(C)(C)C. The molecule has 5 heteroatoms. The molecular weight excluding hydrogens is 272 g/mol. The molecule has 0 bridgehead atoms. The molecule has 0 amide bonds. The summed E-state index contributed by atoms with van der Waals surface area (Å²) in [6, 6.07) is 0. The lowest BCUT2D eigenvalue weighted by atomic mass is 9.90. The summed E-state index contributed by atoms with van der Waals surface area (Å²) in [4.78, 5) is 32.6. The van der Waals surface area contributed by atoms with Gasteiger partial charge in [0.15, 0.2) is 0 Å². The van der Waals surface area contributed by atoms with E-state index in [-0.39, 0.29) is 28.8 Å². The molecule has 1 saturated heterocycles. The average molecular weight is 300 g/mol. The lowest BCUT2D eigenvalue weighted by molar-refractivity contribution is -0.165. The van der Waals surface area contributed by atoms with Gasteiger partial charge in [-0.2, -0.15) is 0 Å². The van der Waals surface area contributed by atoms with Crippen molar-refractivity contribution in [1.82, 2.24) is 0 Å². The summed E-state index contributed by atoms with van der Waals surface area (Å²) >= 11 is 0. The van der Waals surface area contributed by atoms with Crippen molar-refractivity contribution in [2.75, 3.05) is 0 Å². The molecule has 0 N–H and O–H groups in total. The van der Waals surface area contributed by atoms with Gasteiger partial charge in [-0.25, -0.2) is 0 Å². The van der Waals surface area contributed by atoms with Crippen LogP contribution in [0.4, 0.5) is 0 Å². The van der Waals surface area contributed by atoms with E-state index in [1.54, 1.807) is 13.8 Å². The van der Waals surface area contributed by atoms with Crippen LogP contribution >= 0.6 is 0 Å². The fraction of sp³-hybridized carbons (Fsp3) is 0.812. The van der Waals surface area contributed by atoms with Gasteiger partial charge in [-0.05, 0) is 41.0 Å². The van der Waals surface area contributed by atoms with Crippen LogP contribution in [0.1, 0.15) is 61.8 Å². The van der Waals surface area contributed by atoms with Crippen molar-refractivity contribution < 1.29 is 23.9 Å². The molecule has 5 nitrogen and oxygen atoms in total. The number of carbonyl (C=O) groups is 3. The van der Waals surface area contributed by atoms with Crippen molar-refractivity contribution >= 4 is 17.9 Å². The van der Waals surface area contributed by atoms with Gasteiger partial charge in [0.2, 0.25) is 0 Å². The maximum Gasteiger partial charge on any atom is 0.317 e. The van der Waals surface area contributed by atoms with Crippen molar-refractivity contribution in [3.63, 3.8) is 0 Å². The van der Waals surface area contributed by atoms with Crippen molar-refractivity contribution in [2.45, 2.75) is 67.4 Å². The minimum atomic E-state index is -0.396. The van der Waals surface area contributed by atoms with Crippen LogP contribution in [0.3, 0.4) is 0 Å². The third-order valence-electron chi connectivity index (χ3n) is 3.53. The smallest absolute Gasteiger partial charge is 0.317 e. The predicted octanol–water partition coefficient (Wildman–Crippen LogP) is 3.11. The molecule has 1 aliphatic heterocycles. The maximum absolute atomic E-state index is 11.5. The van der Waals surface area contributed by atoms with Gasteiger partial charge in [-0.3, -0.25) is 14.4 Å². The van der Waals surface area contributed by atoms with E-state index >= 15 is 0 Å². The Kier molecular flexibility index (Phi) is 6.58. The van der Waals surface area contributed by atoms with E-state index in [2.05, 4.69) is 4.74 Å². The minimum absolute atomic E-state index is 0.113. The fourth-order valence-electron chi connectivity index (χ4n) is 1.25. The normalized spacial score (nSPS) is 22.3. The number of ether oxygens (including phenoxy) is 2. The molecule has 0 spiro atoms. The summed E-state index contributed by atoms with van der Waals surface area (Å²) in [6.07, 6.45) is 0.807. The highest BCUT2D eigenvalue weighted by Gasteiger charge is 2.37. The number of hydrogen-bond acceptors (Lipinski definition) is 5. The zero-order chi connectivity index (χ0) is 17.0. The lowest BCUT2D eigenvalue weighted by Crippen LogP contribution is -2.33. The fourth-order valence-corrected chi connectivity index (χ4v) is 1.25. The molecule has 1 aliphatic rings. The first kappa shape index (κ1) is 19.6. The largest absolute Gasteiger partial charge is 0.460 e. The third-order valence-corrected chi connectivity index (χ3v) is 3.53. The first-order valence-corrected chi connectivity index (χ1v) is 7.30. The number of carbonyl (C=O) groups excluding carboxylic acids is 3. The second kappa shape index (κ2) is 7.05. The molecule has 0 aromatic carbocycles. The number of rotatable bonds is 2. The van der Waals surface area contributed by atoms with Crippen LogP contribution < -0.4 is 0 Å². The Morgan fingerprint density at radius 2 is 1.43 bits per heavy atom. The molecular formula is C16H28O5. The molecule has 1 rings (SSSR count). The van der Waals surface area contributed by atoms with Gasteiger partial charge in [0.05, 0.1) is 17.3 Å². The lowest BCUT2D eigenvalue weighted by Gasteiger charge is -2.27. The Morgan fingerprint density at radius 1 is 1.05 bits per heavy atom. The number of esters is 3. The summed E-state index contributed by atoms with van der Waals surface area (Å²) in [5.41, 5.74) is -0.725. The van der Waals surface area contributed by atoms with E-state index in [9.17, 15) is 14.4 Å². The van der Waals surface area contributed by atoms with E-state index in [0.29, 0.717) is 0 Å². The Hall–Kier alpha value is -1.39. The summed E-state index contributed by atoms with van der Waals surface area (Å²) in [5, 5.41) is 0. The van der Waals surface area contributed by atoms with Crippen molar-refractivity contribution in [2.24, 2.45) is 17.3 Å². The van der Waals surface area contributed by atoms with Crippen LogP contribution in [-0.2, 0) is 23.9 Å². The molecule has 1 heterocycles. The van der Waals surface area contributed by atoms with Gasteiger partial charge in [-0.1, -0.05) is 20.8 Å². The molecule has 0 saturated carbocycles. The van der Waals surface area contributed by atoms with Crippen LogP contribution in [0.15, 0.2) is 0 Å².